The van der Waals surface area contributed by atoms with E-state index in [-0.39, 0.29) is 33.2 Å². The van der Waals surface area contributed by atoms with E-state index >= 15 is 0 Å². The molecule has 0 atom stereocenters. The van der Waals surface area contributed by atoms with Crippen LogP contribution in [0, 0.1) is 0 Å². The Morgan fingerprint density at radius 1 is 1.22 bits per heavy atom. The fraction of sp³-hybridized carbons (Fsp3) is 0.375. The third-order valence-electron chi connectivity index (χ3n) is 3.39. The number of aryl methyl sites for hydroxylation is 1. The number of hydrogen-bond donors (Lipinski definition) is 2. The Labute approximate surface area is 167 Å². The summed E-state index contributed by atoms with van der Waals surface area (Å²) >= 11 is 12.2. The summed E-state index contributed by atoms with van der Waals surface area (Å²) in [6.07, 6.45) is 1.37. The lowest BCUT2D eigenvalue weighted by atomic mass is 10.1. The Kier molecular flexibility index (Phi) is 8.55. The van der Waals surface area contributed by atoms with E-state index in [1.54, 1.807) is 13.8 Å². The summed E-state index contributed by atoms with van der Waals surface area (Å²) in [6, 6.07) is 3.01. The van der Waals surface area contributed by atoms with Crippen LogP contribution in [0.15, 0.2) is 23.1 Å². The van der Waals surface area contributed by atoms with Gasteiger partial charge in [0, 0.05) is 18.3 Å². The second-order valence-corrected chi connectivity index (χ2v) is 7.88. The van der Waals surface area contributed by atoms with Gasteiger partial charge in [-0.05, 0) is 32.9 Å². The Morgan fingerprint density at radius 3 is 2.26 bits per heavy atom. The molecule has 1 aromatic heterocycles. The van der Waals surface area contributed by atoms with E-state index in [0.717, 1.165) is 0 Å². The lowest BCUT2D eigenvalue weighted by Gasteiger charge is -2.10. The summed E-state index contributed by atoms with van der Waals surface area (Å²) in [5, 5.41) is 7.66. The molecule has 3 N–H and O–H groups in total. The standard InChI is InChI=1S/C14H14Cl2N2O3.C2H7NO2S/c1-3-18-14(20)9(7-17-18)12(19)8-5-6-10(15)13(11(8)16)21-4-2;1-2-6(3,4)5/h5-7,17H,3-4H2,1-2H3;2H2,1H3,(H2,3,4,5). The number of ketones is 1. The van der Waals surface area contributed by atoms with Gasteiger partial charge in [0.05, 0.1) is 22.4 Å². The lowest BCUT2D eigenvalue weighted by molar-refractivity contribution is 0.103. The van der Waals surface area contributed by atoms with Gasteiger partial charge >= 0.3 is 0 Å². The quantitative estimate of drug-likeness (QED) is 0.671. The SMILES string of the molecule is CCOc1c(Cl)ccc(C(=O)c2c[nH]n(CC)c2=O)c1Cl.CCS(N)(=O)=O. The van der Waals surface area contributed by atoms with Crippen LogP contribution in [0.25, 0.3) is 0 Å². The van der Waals surface area contributed by atoms with Crippen LogP contribution in [-0.4, -0.2) is 36.3 Å². The van der Waals surface area contributed by atoms with Gasteiger partial charge in [-0.25, -0.2) is 13.6 Å². The summed E-state index contributed by atoms with van der Waals surface area (Å²) in [5.74, 6) is -0.198. The molecule has 0 unspecified atom stereocenters. The van der Waals surface area contributed by atoms with E-state index in [1.807, 2.05) is 0 Å². The molecule has 1 aromatic carbocycles. The monoisotopic (exact) mass is 437 g/mol. The predicted octanol–water partition coefficient (Wildman–Crippen LogP) is 2.43. The van der Waals surface area contributed by atoms with Crippen LogP contribution in [0.2, 0.25) is 10.0 Å². The summed E-state index contributed by atoms with van der Waals surface area (Å²) in [6.45, 7) is 5.89. The first kappa shape index (κ1) is 23.2. The van der Waals surface area contributed by atoms with E-state index in [0.29, 0.717) is 18.2 Å². The molecule has 11 heteroatoms. The number of benzene rings is 1. The smallest absolute Gasteiger partial charge is 0.277 e. The minimum absolute atomic E-state index is 0.0208. The molecule has 0 radical (unpaired) electrons. The summed E-state index contributed by atoms with van der Waals surface area (Å²) < 4.78 is 26.2. The van der Waals surface area contributed by atoms with Gasteiger partial charge in [-0.15, -0.1) is 0 Å². The van der Waals surface area contributed by atoms with E-state index in [2.05, 4.69) is 10.2 Å². The number of nitrogens with zero attached hydrogens (tertiary/aromatic N) is 1. The van der Waals surface area contributed by atoms with Gasteiger partial charge in [0.25, 0.3) is 5.56 Å². The Morgan fingerprint density at radius 2 is 1.81 bits per heavy atom. The third kappa shape index (κ3) is 6.10. The molecule has 150 valence electrons. The largest absolute Gasteiger partial charge is 0.491 e. The van der Waals surface area contributed by atoms with Crippen molar-refractivity contribution in [2.24, 2.45) is 5.14 Å². The molecule has 27 heavy (non-hydrogen) atoms. The number of aromatic amines is 1. The number of sulfonamides is 1. The number of ether oxygens (including phenoxy) is 1. The number of nitrogens with two attached hydrogens (primary N) is 1. The molecule has 0 amide bonds. The topological polar surface area (TPSA) is 124 Å². The van der Waals surface area contributed by atoms with Crippen molar-refractivity contribution in [3.63, 3.8) is 0 Å². The first-order valence-electron chi connectivity index (χ1n) is 8.01. The fourth-order valence-corrected chi connectivity index (χ4v) is 2.50. The van der Waals surface area contributed by atoms with Gasteiger partial charge in [-0.2, -0.15) is 0 Å². The van der Waals surface area contributed by atoms with Crippen LogP contribution in [0.3, 0.4) is 0 Å². The van der Waals surface area contributed by atoms with Gasteiger partial charge in [0.1, 0.15) is 5.56 Å². The number of rotatable bonds is 6. The zero-order valence-corrected chi connectivity index (χ0v) is 17.4. The van der Waals surface area contributed by atoms with Crippen LogP contribution in [0.4, 0.5) is 0 Å². The second kappa shape index (κ2) is 9.93. The highest BCUT2D eigenvalue weighted by Crippen LogP contribution is 2.36. The first-order valence-corrected chi connectivity index (χ1v) is 10.5. The van der Waals surface area contributed by atoms with Crippen molar-refractivity contribution in [1.29, 1.82) is 0 Å². The van der Waals surface area contributed by atoms with Crippen LogP contribution in [0.1, 0.15) is 36.7 Å². The molecule has 2 rings (SSSR count). The molecule has 0 saturated heterocycles. The average Bonchev–Trinajstić information content (AvgIpc) is 2.98. The maximum absolute atomic E-state index is 12.5. The molecule has 2 aromatic rings. The molecule has 0 saturated carbocycles. The number of carbonyl (C=O) groups excluding carboxylic acids is 1. The zero-order valence-electron chi connectivity index (χ0n) is 15.1. The molecule has 0 aliphatic heterocycles. The van der Waals surface area contributed by atoms with Crippen LogP contribution in [-0.2, 0) is 16.6 Å². The second-order valence-electron chi connectivity index (χ2n) is 5.19. The molecule has 0 bridgehead atoms. The molecule has 0 aliphatic rings. The lowest BCUT2D eigenvalue weighted by Crippen LogP contribution is -2.21. The van der Waals surface area contributed by atoms with Crippen molar-refractivity contribution in [1.82, 2.24) is 9.78 Å². The summed E-state index contributed by atoms with van der Waals surface area (Å²) in [4.78, 5) is 24.5. The van der Waals surface area contributed by atoms with E-state index in [1.165, 1.54) is 29.9 Å². The normalized spacial score (nSPS) is 10.9. The highest BCUT2D eigenvalue weighted by molar-refractivity contribution is 7.89. The van der Waals surface area contributed by atoms with Gasteiger partial charge in [-0.1, -0.05) is 23.2 Å². The van der Waals surface area contributed by atoms with E-state index in [4.69, 9.17) is 27.9 Å². The molecular formula is C16H21Cl2N3O5S. The average molecular weight is 438 g/mol. The Bertz CT molecular complexity index is 967. The van der Waals surface area contributed by atoms with Gasteiger partial charge < -0.3 is 9.84 Å². The minimum Gasteiger partial charge on any atom is -0.491 e. The van der Waals surface area contributed by atoms with Gasteiger partial charge in [0.15, 0.2) is 5.75 Å². The van der Waals surface area contributed by atoms with Crippen molar-refractivity contribution < 1.29 is 17.9 Å². The Balaban J connectivity index is 0.000000527. The van der Waals surface area contributed by atoms with Crippen molar-refractivity contribution in [2.45, 2.75) is 27.3 Å². The molecule has 0 fully saturated rings. The van der Waals surface area contributed by atoms with Crippen molar-refractivity contribution in [3.8, 4) is 5.75 Å². The maximum Gasteiger partial charge on any atom is 0.277 e. The minimum atomic E-state index is -3.16. The van der Waals surface area contributed by atoms with Gasteiger partial charge in [-0.3, -0.25) is 14.3 Å². The summed E-state index contributed by atoms with van der Waals surface area (Å²) in [5.41, 5.74) is -0.168. The number of nitrogens with one attached hydrogen (secondary N) is 1. The zero-order chi connectivity index (χ0) is 20.8. The van der Waals surface area contributed by atoms with Crippen molar-refractivity contribution >= 4 is 39.0 Å². The molecular weight excluding hydrogens is 417 g/mol. The third-order valence-corrected chi connectivity index (χ3v) is 4.86. The number of hydrogen-bond acceptors (Lipinski definition) is 5. The molecule has 0 aliphatic carbocycles. The molecule has 8 nitrogen and oxygen atoms in total. The fourth-order valence-electron chi connectivity index (χ4n) is 1.94. The van der Waals surface area contributed by atoms with Crippen LogP contribution >= 0.6 is 23.2 Å². The predicted molar refractivity (Wildman–Crippen MR) is 105 cm³/mol. The number of aromatic nitrogens is 2. The number of halogens is 2. The number of carbonyl (C=O) groups is 1. The highest BCUT2D eigenvalue weighted by atomic mass is 35.5. The molecule has 0 spiro atoms. The van der Waals surface area contributed by atoms with E-state index < -0.39 is 15.8 Å². The van der Waals surface area contributed by atoms with Crippen LogP contribution in [0.5, 0.6) is 5.75 Å². The van der Waals surface area contributed by atoms with Crippen LogP contribution < -0.4 is 15.4 Å². The Hall–Kier alpha value is -1.81. The number of H-pyrrole nitrogens is 1. The van der Waals surface area contributed by atoms with Crippen molar-refractivity contribution in [2.75, 3.05) is 12.4 Å². The summed E-state index contributed by atoms with van der Waals surface area (Å²) in [7, 11) is -3.16. The van der Waals surface area contributed by atoms with Crippen molar-refractivity contribution in [3.05, 3.63) is 49.9 Å². The molecule has 1 heterocycles. The maximum atomic E-state index is 12.5. The highest BCUT2D eigenvalue weighted by Gasteiger charge is 2.22. The number of primary sulfonamides is 1. The van der Waals surface area contributed by atoms with Gasteiger partial charge in [0.2, 0.25) is 15.8 Å². The first-order chi connectivity index (χ1) is 12.6. The van der Waals surface area contributed by atoms with E-state index in [9.17, 15) is 18.0 Å².